The van der Waals surface area contributed by atoms with Crippen molar-refractivity contribution in [2.75, 3.05) is 19.8 Å². The molecular formula is C24H26ClF3O6. The predicted molar refractivity (Wildman–Crippen MR) is 119 cm³/mol. The molecule has 0 saturated heterocycles. The Balaban J connectivity index is 1.47. The number of ether oxygens (including phenoxy) is 4. The van der Waals surface area contributed by atoms with E-state index >= 15 is 0 Å². The zero-order chi connectivity index (χ0) is 24.8. The van der Waals surface area contributed by atoms with Gasteiger partial charge in [-0.1, -0.05) is 31.0 Å². The van der Waals surface area contributed by atoms with Crippen LogP contribution < -0.4 is 18.9 Å². The van der Waals surface area contributed by atoms with Crippen molar-refractivity contribution in [1.82, 2.24) is 0 Å². The minimum absolute atomic E-state index is 0.00140. The first-order valence-electron chi connectivity index (χ1n) is 10.9. The molecule has 0 saturated carbocycles. The highest BCUT2D eigenvalue weighted by Gasteiger charge is 2.43. The lowest BCUT2D eigenvalue weighted by Gasteiger charge is -2.35. The molecule has 2 aromatic rings. The maximum atomic E-state index is 12.2. The Morgan fingerprint density at radius 1 is 1.12 bits per heavy atom. The molecule has 10 heteroatoms. The lowest BCUT2D eigenvalue weighted by molar-refractivity contribution is -0.157. The Kier molecular flexibility index (Phi) is 8.41. The molecule has 6 nitrogen and oxygen atoms in total. The highest BCUT2D eigenvalue weighted by atomic mass is 35.5. The Labute approximate surface area is 200 Å². The molecule has 186 valence electrons. The molecule has 1 aliphatic heterocycles. The summed E-state index contributed by atoms with van der Waals surface area (Å²) in [5, 5.41) is 9.81. The molecule has 2 aromatic carbocycles. The molecule has 0 aromatic heterocycles. The third-order valence-corrected chi connectivity index (χ3v) is 5.60. The van der Waals surface area contributed by atoms with Gasteiger partial charge in [0.05, 0.1) is 18.2 Å². The van der Waals surface area contributed by atoms with Crippen LogP contribution in [-0.2, 0) is 11.2 Å². The van der Waals surface area contributed by atoms with Gasteiger partial charge in [0, 0.05) is 25.0 Å². The fourth-order valence-corrected chi connectivity index (χ4v) is 3.87. The molecular weight excluding hydrogens is 477 g/mol. The summed E-state index contributed by atoms with van der Waals surface area (Å²) < 4.78 is 58.6. The molecule has 0 aliphatic carbocycles. The quantitative estimate of drug-likeness (QED) is 0.375. The van der Waals surface area contributed by atoms with E-state index in [1.807, 2.05) is 19.1 Å². The van der Waals surface area contributed by atoms with Gasteiger partial charge in [0.25, 0.3) is 0 Å². The predicted octanol–water partition coefficient (Wildman–Crippen LogP) is 6.08. The van der Waals surface area contributed by atoms with Crippen LogP contribution in [0.3, 0.4) is 0 Å². The maximum Gasteiger partial charge on any atom is 0.422 e. The first-order valence-corrected chi connectivity index (χ1v) is 11.3. The van der Waals surface area contributed by atoms with Gasteiger partial charge in [-0.3, -0.25) is 0 Å². The third-order valence-electron chi connectivity index (χ3n) is 5.31. The van der Waals surface area contributed by atoms with Crippen LogP contribution >= 0.6 is 11.6 Å². The number of carboxylic acid groups (broad SMARTS) is 1. The van der Waals surface area contributed by atoms with E-state index in [1.54, 1.807) is 6.07 Å². The normalized spacial score (nSPS) is 17.4. The van der Waals surface area contributed by atoms with Crippen LogP contribution in [0.15, 0.2) is 36.4 Å². The van der Waals surface area contributed by atoms with E-state index in [9.17, 15) is 23.1 Å². The standard InChI is InChI=1S/C24H26ClF3O6/c1-2-9-23(22(29)30)10-8-16-4-5-18(14-21(16)34-23)31-11-3-12-32-20-7-6-17(13-19(20)25)33-15-24(26,27)28/h4-7,13-14H,2-3,8-12,15H2,1H3,(H,29,30). The number of fused-ring (bicyclic) bond motifs is 1. The molecule has 0 bridgehead atoms. The van der Waals surface area contributed by atoms with E-state index in [-0.39, 0.29) is 17.4 Å². The van der Waals surface area contributed by atoms with E-state index in [2.05, 4.69) is 4.74 Å². The summed E-state index contributed by atoms with van der Waals surface area (Å²) in [6.07, 6.45) is -1.74. The zero-order valence-corrected chi connectivity index (χ0v) is 19.4. The summed E-state index contributed by atoms with van der Waals surface area (Å²) in [7, 11) is 0. The third kappa shape index (κ3) is 6.85. The molecule has 1 heterocycles. The van der Waals surface area contributed by atoms with Gasteiger partial charge in [0.2, 0.25) is 5.60 Å². The highest BCUT2D eigenvalue weighted by molar-refractivity contribution is 6.32. The van der Waals surface area contributed by atoms with Crippen molar-refractivity contribution < 1.29 is 42.0 Å². The second-order valence-electron chi connectivity index (χ2n) is 7.97. The number of alkyl halides is 3. The minimum atomic E-state index is -4.43. The average molecular weight is 503 g/mol. The number of carbonyl (C=O) groups is 1. The van der Waals surface area contributed by atoms with Crippen molar-refractivity contribution in [2.45, 2.75) is 50.8 Å². The van der Waals surface area contributed by atoms with Crippen LogP contribution in [0.5, 0.6) is 23.0 Å². The molecule has 1 aliphatic rings. The summed E-state index contributed by atoms with van der Waals surface area (Å²) in [4.78, 5) is 11.8. The lowest BCUT2D eigenvalue weighted by Crippen LogP contribution is -2.47. The summed E-state index contributed by atoms with van der Waals surface area (Å²) in [5.74, 6) is 0.445. The molecule has 0 amide bonds. The summed E-state index contributed by atoms with van der Waals surface area (Å²) >= 11 is 6.05. The molecule has 1 N–H and O–H groups in total. The fraction of sp³-hybridized carbons (Fsp3) is 0.458. The molecule has 34 heavy (non-hydrogen) atoms. The van der Waals surface area contributed by atoms with E-state index in [0.29, 0.717) is 56.0 Å². The number of halogens is 4. The van der Waals surface area contributed by atoms with E-state index < -0.39 is 24.4 Å². The molecule has 3 rings (SSSR count). The van der Waals surface area contributed by atoms with Crippen LogP contribution in [0.2, 0.25) is 5.02 Å². The van der Waals surface area contributed by atoms with E-state index in [0.717, 1.165) is 5.56 Å². The van der Waals surface area contributed by atoms with Gasteiger partial charge in [0.1, 0.15) is 23.0 Å². The van der Waals surface area contributed by atoms with Crippen molar-refractivity contribution in [3.63, 3.8) is 0 Å². The van der Waals surface area contributed by atoms with Crippen molar-refractivity contribution in [2.24, 2.45) is 0 Å². The smallest absolute Gasteiger partial charge is 0.422 e. The number of carboxylic acids is 1. The average Bonchev–Trinajstić information content (AvgIpc) is 2.78. The molecule has 1 atom stereocenters. The van der Waals surface area contributed by atoms with Crippen LogP contribution in [0.4, 0.5) is 13.2 Å². The number of rotatable bonds is 11. The highest BCUT2D eigenvalue weighted by Crippen LogP contribution is 2.38. The summed E-state index contributed by atoms with van der Waals surface area (Å²) in [6, 6.07) is 9.46. The molecule has 0 fully saturated rings. The van der Waals surface area contributed by atoms with Crippen LogP contribution in [-0.4, -0.2) is 42.7 Å². The fourth-order valence-electron chi connectivity index (χ4n) is 3.65. The Morgan fingerprint density at radius 2 is 1.82 bits per heavy atom. The SMILES string of the molecule is CCCC1(C(=O)O)CCc2ccc(OCCCOc3ccc(OCC(F)(F)F)cc3Cl)cc2O1. The first kappa shape index (κ1) is 25.8. The molecule has 0 spiro atoms. The monoisotopic (exact) mass is 502 g/mol. The minimum Gasteiger partial charge on any atom is -0.493 e. The Bertz CT molecular complexity index is 997. The van der Waals surface area contributed by atoms with Gasteiger partial charge in [-0.25, -0.2) is 4.79 Å². The molecule has 1 unspecified atom stereocenters. The maximum absolute atomic E-state index is 12.2. The topological polar surface area (TPSA) is 74.2 Å². The second kappa shape index (κ2) is 11.1. The number of benzene rings is 2. The van der Waals surface area contributed by atoms with Gasteiger partial charge in [-0.2, -0.15) is 13.2 Å². The first-order chi connectivity index (χ1) is 16.1. The van der Waals surface area contributed by atoms with Crippen LogP contribution in [0, 0.1) is 0 Å². The van der Waals surface area contributed by atoms with Crippen molar-refractivity contribution >= 4 is 17.6 Å². The van der Waals surface area contributed by atoms with Crippen molar-refractivity contribution in [3.05, 3.63) is 47.0 Å². The lowest BCUT2D eigenvalue weighted by atomic mass is 9.87. The van der Waals surface area contributed by atoms with Gasteiger partial charge < -0.3 is 24.1 Å². The van der Waals surface area contributed by atoms with Crippen molar-refractivity contribution in [3.8, 4) is 23.0 Å². The second-order valence-corrected chi connectivity index (χ2v) is 8.37. The number of aryl methyl sites for hydroxylation is 1. The number of hydrogen-bond donors (Lipinski definition) is 1. The summed E-state index contributed by atoms with van der Waals surface area (Å²) in [6.45, 7) is 1.11. The van der Waals surface area contributed by atoms with Gasteiger partial charge >= 0.3 is 12.1 Å². The molecule has 0 radical (unpaired) electrons. The van der Waals surface area contributed by atoms with Crippen molar-refractivity contribution in [1.29, 1.82) is 0 Å². The van der Waals surface area contributed by atoms with E-state index in [4.69, 9.17) is 25.8 Å². The Hall–Kier alpha value is -2.81. The van der Waals surface area contributed by atoms with Crippen LogP contribution in [0.25, 0.3) is 0 Å². The van der Waals surface area contributed by atoms with E-state index in [1.165, 1.54) is 18.2 Å². The Morgan fingerprint density at radius 3 is 2.50 bits per heavy atom. The van der Waals surface area contributed by atoms with Crippen LogP contribution in [0.1, 0.15) is 38.2 Å². The summed E-state index contributed by atoms with van der Waals surface area (Å²) in [5.41, 5.74) is -0.262. The van der Waals surface area contributed by atoms with Gasteiger partial charge in [-0.05, 0) is 36.6 Å². The van der Waals surface area contributed by atoms with Gasteiger partial charge in [0.15, 0.2) is 6.61 Å². The van der Waals surface area contributed by atoms with Gasteiger partial charge in [-0.15, -0.1) is 0 Å². The number of hydrogen-bond acceptors (Lipinski definition) is 5. The zero-order valence-electron chi connectivity index (χ0n) is 18.6. The largest absolute Gasteiger partial charge is 0.493 e. The number of aliphatic carboxylic acids is 1.